The van der Waals surface area contributed by atoms with E-state index >= 15 is 0 Å². The third-order valence-corrected chi connectivity index (χ3v) is 2.23. The monoisotopic (exact) mass is 190 g/mol. The Morgan fingerprint density at radius 1 is 1.21 bits per heavy atom. The van der Waals surface area contributed by atoms with Gasteiger partial charge in [0.1, 0.15) is 0 Å². The Morgan fingerprint density at radius 3 is 2.57 bits per heavy atom. The third-order valence-electron chi connectivity index (χ3n) is 2.23. The fourth-order valence-electron chi connectivity index (χ4n) is 1.55. The van der Waals surface area contributed by atoms with Crippen LogP contribution in [0.25, 0.3) is 5.57 Å². The normalized spacial score (nSPS) is 26.0. The molecule has 1 aromatic carbocycles. The van der Waals surface area contributed by atoms with E-state index in [1.165, 1.54) is 6.08 Å². The lowest BCUT2D eigenvalue weighted by Gasteiger charge is -2.20. The van der Waals surface area contributed by atoms with Crippen LogP contribution in [-0.4, -0.2) is 11.0 Å². The zero-order chi connectivity index (χ0) is 10.0. The highest BCUT2D eigenvalue weighted by Crippen LogP contribution is 2.30. The van der Waals surface area contributed by atoms with Crippen molar-refractivity contribution in [2.45, 2.75) is 12.3 Å². The van der Waals surface area contributed by atoms with Crippen LogP contribution in [0.4, 0.5) is 4.39 Å². The molecular weight excluding hydrogens is 179 g/mol. The Morgan fingerprint density at radius 2 is 1.93 bits per heavy atom. The van der Waals surface area contributed by atoms with Crippen LogP contribution in [0.15, 0.2) is 48.6 Å². The standard InChI is InChI=1S/C12H11FO/c13-12(14)8-4-7-11(9-12)10-5-2-1-3-6-10/h1-8,14H,9H2. The van der Waals surface area contributed by atoms with E-state index in [-0.39, 0.29) is 6.42 Å². The number of aliphatic hydroxyl groups is 1. The Kier molecular flexibility index (Phi) is 2.22. The molecule has 2 heteroatoms. The van der Waals surface area contributed by atoms with Gasteiger partial charge in [0.05, 0.1) is 0 Å². The summed E-state index contributed by atoms with van der Waals surface area (Å²) in [6.07, 6.45) is 4.56. The molecule has 0 bridgehead atoms. The molecule has 0 heterocycles. The van der Waals surface area contributed by atoms with E-state index in [1.807, 2.05) is 36.4 Å². The first-order chi connectivity index (χ1) is 6.67. The Labute approximate surface area is 82.2 Å². The summed E-state index contributed by atoms with van der Waals surface area (Å²) < 4.78 is 13.2. The molecule has 0 aliphatic heterocycles. The second kappa shape index (κ2) is 3.39. The summed E-state index contributed by atoms with van der Waals surface area (Å²) in [4.78, 5) is 0. The van der Waals surface area contributed by atoms with Crippen LogP contribution in [0.5, 0.6) is 0 Å². The lowest BCUT2D eigenvalue weighted by molar-refractivity contribution is -0.0363. The zero-order valence-electron chi connectivity index (χ0n) is 7.65. The first-order valence-corrected chi connectivity index (χ1v) is 4.52. The van der Waals surface area contributed by atoms with Crippen molar-refractivity contribution in [2.24, 2.45) is 0 Å². The minimum atomic E-state index is -2.19. The SMILES string of the molecule is OC1(F)C=CC=C(c2ccccc2)C1. The van der Waals surface area contributed by atoms with Gasteiger partial charge in [-0.25, -0.2) is 4.39 Å². The van der Waals surface area contributed by atoms with Gasteiger partial charge < -0.3 is 5.11 Å². The van der Waals surface area contributed by atoms with Crippen molar-refractivity contribution < 1.29 is 9.50 Å². The molecule has 1 aliphatic rings. The van der Waals surface area contributed by atoms with Gasteiger partial charge in [0, 0.05) is 6.42 Å². The van der Waals surface area contributed by atoms with Crippen molar-refractivity contribution in [3.63, 3.8) is 0 Å². The van der Waals surface area contributed by atoms with Gasteiger partial charge in [-0.3, -0.25) is 0 Å². The molecular formula is C12H11FO. The third kappa shape index (κ3) is 1.91. The first-order valence-electron chi connectivity index (χ1n) is 4.52. The molecule has 1 unspecified atom stereocenters. The van der Waals surface area contributed by atoms with E-state index in [2.05, 4.69) is 0 Å². The molecule has 1 aliphatic carbocycles. The summed E-state index contributed by atoms with van der Waals surface area (Å²) in [5, 5.41) is 9.21. The number of hydrogen-bond acceptors (Lipinski definition) is 1. The number of rotatable bonds is 1. The molecule has 0 amide bonds. The van der Waals surface area contributed by atoms with E-state index < -0.39 is 5.85 Å². The zero-order valence-corrected chi connectivity index (χ0v) is 7.65. The molecule has 0 saturated carbocycles. The second-order valence-corrected chi connectivity index (χ2v) is 3.41. The molecule has 1 aromatic rings. The van der Waals surface area contributed by atoms with Crippen LogP contribution < -0.4 is 0 Å². The summed E-state index contributed by atoms with van der Waals surface area (Å²) >= 11 is 0. The summed E-state index contributed by atoms with van der Waals surface area (Å²) in [6, 6.07) is 9.50. The van der Waals surface area contributed by atoms with Crippen LogP contribution in [0.1, 0.15) is 12.0 Å². The van der Waals surface area contributed by atoms with Crippen molar-refractivity contribution in [1.82, 2.24) is 0 Å². The fourth-order valence-corrected chi connectivity index (χ4v) is 1.55. The minimum Gasteiger partial charge on any atom is -0.358 e. The van der Waals surface area contributed by atoms with Gasteiger partial charge in [0.15, 0.2) is 0 Å². The molecule has 0 fully saturated rings. The smallest absolute Gasteiger partial charge is 0.230 e. The van der Waals surface area contributed by atoms with Gasteiger partial charge in [-0.05, 0) is 17.2 Å². The van der Waals surface area contributed by atoms with Gasteiger partial charge in [-0.15, -0.1) is 0 Å². The Balaban J connectivity index is 2.30. The van der Waals surface area contributed by atoms with E-state index in [9.17, 15) is 9.50 Å². The van der Waals surface area contributed by atoms with Crippen LogP contribution in [0.3, 0.4) is 0 Å². The molecule has 0 spiro atoms. The maximum Gasteiger partial charge on any atom is 0.230 e. The summed E-state index contributed by atoms with van der Waals surface area (Å²) in [6.45, 7) is 0. The predicted molar refractivity (Wildman–Crippen MR) is 54.2 cm³/mol. The maximum atomic E-state index is 13.2. The average molecular weight is 190 g/mol. The molecule has 1 nitrogen and oxygen atoms in total. The number of alkyl halides is 1. The summed E-state index contributed by atoms with van der Waals surface area (Å²) in [5.74, 6) is -2.19. The second-order valence-electron chi connectivity index (χ2n) is 3.41. The minimum absolute atomic E-state index is 0.0213. The first kappa shape index (κ1) is 9.16. The van der Waals surface area contributed by atoms with Crippen molar-refractivity contribution >= 4 is 5.57 Å². The van der Waals surface area contributed by atoms with E-state index in [1.54, 1.807) is 6.08 Å². The largest absolute Gasteiger partial charge is 0.358 e. The van der Waals surface area contributed by atoms with Gasteiger partial charge in [0.25, 0.3) is 0 Å². The molecule has 14 heavy (non-hydrogen) atoms. The molecule has 0 radical (unpaired) electrons. The van der Waals surface area contributed by atoms with E-state index in [0.29, 0.717) is 0 Å². The number of hydrogen-bond donors (Lipinski definition) is 1. The molecule has 72 valence electrons. The lowest BCUT2D eigenvalue weighted by Crippen LogP contribution is -2.20. The number of halogens is 1. The maximum absolute atomic E-state index is 13.2. The van der Waals surface area contributed by atoms with Gasteiger partial charge in [0.2, 0.25) is 5.85 Å². The molecule has 2 rings (SSSR count). The summed E-state index contributed by atoms with van der Waals surface area (Å²) in [5.41, 5.74) is 1.77. The lowest BCUT2D eigenvalue weighted by atomic mass is 9.95. The molecule has 0 saturated heterocycles. The van der Waals surface area contributed by atoms with Gasteiger partial charge in [-0.1, -0.05) is 42.5 Å². The molecule has 0 aromatic heterocycles. The van der Waals surface area contributed by atoms with Crippen LogP contribution in [0, 0.1) is 0 Å². The van der Waals surface area contributed by atoms with Crippen molar-refractivity contribution in [2.75, 3.05) is 0 Å². The molecule has 1 atom stereocenters. The summed E-state index contributed by atoms with van der Waals surface area (Å²) in [7, 11) is 0. The van der Waals surface area contributed by atoms with Crippen LogP contribution >= 0.6 is 0 Å². The Bertz CT molecular complexity index is 377. The Hall–Kier alpha value is -1.41. The van der Waals surface area contributed by atoms with E-state index in [0.717, 1.165) is 11.1 Å². The highest BCUT2D eigenvalue weighted by atomic mass is 19.2. The topological polar surface area (TPSA) is 20.2 Å². The fraction of sp³-hybridized carbons (Fsp3) is 0.167. The van der Waals surface area contributed by atoms with Crippen LogP contribution in [-0.2, 0) is 0 Å². The highest BCUT2D eigenvalue weighted by Gasteiger charge is 2.26. The van der Waals surface area contributed by atoms with Crippen LogP contribution in [0.2, 0.25) is 0 Å². The molecule has 1 N–H and O–H groups in total. The van der Waals surface area contributed by atoms with Crippen molar-refractivity contribution in [1.29, 1.82) is 0 Å². The van der Waals surface area contributed by atoms with Gasteiger partial charge in [-0.2, -0.15) is 0 Å². The van der Waals surface area contributed by atoms with E-state index in [4.69, 9.17) is 0 Å². The quantitative estimate of drug-likeness (QED) is 0.721. The van der Waals surface area contributed by atoms with Crippen molar-refractivity contribution in [3.05, 3.63) is 54.1 Å². The average Bonchev–Trinajstić information content (AvgIpc) is 2.18. The number of benzene rings is 1. The number of allylic oxidation sites excluding steroid dienone is 2. The highest BCUT2D eigenvalue weighted by molar-refractivity contribution is 5.69. The van der Waals surface area contributed by atoms with Gasteiger partial charge >= 0.3 is 0 Å². The van der Waals surface area contributed by atoms with Crippen molar-refractivity contribution in [3.8, 4) is 0 Å². The predicted octanol–water partition coefficient (Wildman–Crippen LogP) is 2.69.